The van der Waals surface area contributed by atoms with Gasteiger partial charge in [0.05, 0.1) is 5.25 Å². The maximum absolute atomic E-state index is 12.4. The third-order valence-electron chi connectivity index (χ3n) is 3.04. The summed E-state index contributed by atoms with van der Waals surface area (Å²) in [7, 11) is 0. The fraction of sp³-hybridized carbons (Fsp3) is 0.533. The smallest absolute Gasteiger partial charge is 0.239 e. The van der Waals surface area contributed by atoms with Crippen molar-refractivity contribution in [3.8, 4) is 0 Å². The van der Waals surface area contributed by atoms with Gasteiger partial charge in [-0.2, -0.15) is 0 Å². The lowest BCUT2D eigenvalue weighted by atomic mass is 10.2. The Labute approximate surface area is 144 Å². The number of rotatable bonds is 6. The van der Waals surface area contributed by atoms with Crippen molar-refractivity contribution in [2.75, 3.05) is 5.32 Å². The fourth-order valence-electron chi connectivity index (χ4n) is 1.90. The minimum atomic E-state index is -0.261. The van der Waals surface area contributed by atoms with Crippen LogP contribution in [0.25, 0.3) is 0 Å². The average Bonchev–Trinajstić information content (AvgIpc) is 2.92. The molecule has 23 heavy (non-hydrogen) atoms. The topological polar surface area (TPSA) is 80.7 Å². The van der Waals surface area contributed by atoms with E-state index < -0.39 is 0 Å². The third-order valence-corrected chi connectivity index (χ3v) is 5.40. The molecule has 2 aromatic rings. The molecule has 1 atom stereocenters. The minimum Gasteiger partial charge on any atom is -0.300 e. The Morgan fingerprint density at radius 1 is 1.26 bits per heavy atom. The molecule has 0 saturated carbocycles. The predicted molar refractivity (Wildman–Crippen MR) is 94.1 cm³/mol. The molecule has 8 heteroatoms. The second kappa shape index (κ2) is 7.83. The van der Waals surface area contributed by atoms with Crippen LogP contribution in [0.3, 0.4) is 0 Å². The highest BCUT2D eigenvalue weighted by atomic mass is 32.2. The first-order valence-corrected chi connectivity index (χ1v) is 9.21. The summed E-state index contributed by atoms with van der Waals surface area (Å²) in [6, 6.07) is 1.92. The summed E-state index contributed by atoms with van der Waals surface area (Å²) in [5.41, 5.74) is 1.81. The second-order valence-corrected chi connectivity index (χ2v) is 7.72. The average molecular weight is 352 g/mol. The molecule has 2 rings (SSSR count). The van der Waals surface area contributed by atoms with Gasteiger partial charge in [-0.25, -0.2) is 9.97 Å². The number of hydrogen-bond acceptors (Lipinski definition) is 7. The maximum atomic E-state index is 12.4. The van der Waals surface area contributed by atoms with Gasteiger partial charge in [-0.15, -0.1) is 10.2 Å². The van der Waals surface area contributed by atoms with Gasteiger partial charge in [0.1, 0.15) is 5.01 Å². The van der Waals surface area contributed by atoms with E-state index in [1.807, 2.05) is 40.7 Å². The van der Waals surface area contributed by atoms with Crippen LogP contribution in [0.1, 0.15) is 49.5 Å². The van der Waals surface area contributed by atoms with Gasteiger partial charge in [-0.3, -0.25) is 10.1 Å². The summed E-state index contributed by atoms with van der Waals surface area (Å²) in [5, 5.41) is 12.8. The van der Waals surface area contributed by atoms with E-state index in [0.717, 1.165) is 16.4 Å². The lowest BCUT2D eigenvalue weighted by Crippen LogP contribution is -2.24. The van der Waals surface area contributed by atoms with Crippen molar-refractivity contribution in [2.24, 2.45) is 0 Å². The minimum absolute atomic E-state index is 0.0910. The van der Waals surface area contributed by atoms with Gasteiger partial charge >= 0.3 is 0 Å². The Morgan fingerprint density at radius 2 is 1.91 bits per heavy atom. The van der Waals surface area contributed by atoms with Gasteiger partial charge in [0, 0.05) is 17.3 Å². The molecule has 0 saturated heterocycles. The lowest BCUT2D eigenvalue weighted by molar-refractivity contribution is -0.115. The fourth-order valence-corrected chi connectivity index (χ4v) is 3.63. The zero-order valence-corrected chi connectivity index (χ0v) is 15.6. The van der Waals surface area contributed by atoms with Crippen molar-refractivity contribution in [1.82, 2.24) is 20.2 Å². The molecule has 0 aromatic carbocycles. The number of aryl methyl sites for hydroxylation is 2. The number of aromatic nitrogens is 4. The van der Waals surface area contributed by atoms with Crippen LogP contribution in [0.4, 0.5) is 5.13 Å². The molecule has 0 radical (unpaired) electrons. The van der Waals surface area contributed by atoms with E-state index in [2.05, 4.69) is 25.5 Å². The van der Waals surface area contributed by atoms with Gasteiger partial charge in [-0.05, 0) is 26.3 Å². The molecule has 0 aliphatic carbocycles. The molecule has 0 aliphatic rings. The van der Waals surface area contributed by atoms with Gasteiger partial charge in [0.2, 0.25) is 11.0 Å². The van der Waals surface area contributed by atoms with Crippen molar-refractivity contribution >= 4 is 34.1 Å². The summed E-state index contributed by atoms with van der Waals surface area (Å²) in [6.45, 7) is 9.92. The quantitative estimate of drug-likeness (QED) is 0.633. The number of anilines is 1. The summed E-state index contributed by atoms with van der Waals surface area (Å²) in [6.07, 6.45) is 0.683. The van der Waals surface area contributed by atoms with Gasteiger partial charge < -0.3 is 0 Å². The molecule has 1 N–H and O–H groups in total. The van der Waals surface area contributed by atoms with Crippen LogP contribution < -0.4 is 5.32 Å². The van der Waals surface area contributed by atoms with Crippen molar-refractivity contribution in [3.63, 3.8) is 0 Å². The summed E-state index contributed by atoms with van der Waals surface area (Å²) >= 11 is 2.79. The van der Waals surface area contributed by atoms with Crippen LogP contribution in [0.15, 0.2) is 11.2 Å². The zero-order chi connectivity index (χ0) is 17.0. The highest BCUT2D eigenvalue weighted by Gasteiger charge is 2.21. The first-order chi connectivity index (χ1) is 10.9. The first kappa shape index (κ1) is 17.8. The Balaban J connectivity index is 2.05. The van der Waals surface area contributed by atoms with Crippen LogP contribution in [-0.4, -0.2) is 31.3 Å². The molecule has 2 heterocycles. The summed E-state index contributed by atoms with van der Waals surface area (Å²) in [4.78, 5) is 21.2. The summed E-state index contributed by atoms with van der Waals surface area (Å²) in [5.74, 6) is 0.213. The van der Waals surface area contributed by atoms with Crippen LogP contribution in [0.2, 0.25) is 0 Å². The standard InChI is InChI=1S/C15H21N5OS2/c1-6-11(22-14-16-9(4)7-10(5)17-14)12(21)18-15-20-19-13(23-15)8(2)3/h7-8,11H,6H2,1-5H3,(H,18,20,21). The molecule has 0 spiro atoms. The third kappa shape index (κ3) is 4.97. The second-order valence-electron chi connectivity index (χ2n) is 5.54. The highest BCUT2D eigenvalue weighted by molar-refractivity contribution is 8.00. The molecule has 124 valence electrons. The number of carbonyl (C=O) groups is 1. The van der Waals surface area contributed by atoms with E-state index in [0.29, 0.717) is 22.6 Å². The maximum Gasteiger partial charge on any atom is 0.239 e. The molecule has 0 fully saturated rings. The normalized spacial score (nSPS) is 12.4. The first-order valence-electron chi connectivity index (χ1n) is 7.52. The summed E-state index contributed by atoms with van der Waals surface area (Å²) < 4.78 is 0. The number of nitrogens with zero attached hydrogens (tertiary/aromatic N) is 4. The molecular formula is C15H21N5OS2. The van der Waals surface area contributed by atoms with E-state index in [1.165, 1.54) is 23.1 Å². The van der Waals surface area contributed by atoms with Gasteiger partial charge in [0.25, 0.3) is 0 Å². The molecule has 0 aliphatic heterocycles. The van der Waals surface area contributed by atoms with Crippen molar-refractivity contribution < 1.29 is 4.79 Å². The molecule has 1 amide bonds. The van der Waals surface area contributed by atoms with Gasteiger partial charge in [0.15, 0.2) is 5.16 Å². The monoisotopic (exact) mass is 351 g/mol. The van der Waals surface area contributed by atoms with Crippen molar-refractivity contribution in [1.29, 1.82) is 0 Å². The van der Waals surface area contributed by atoms with E-state index in [1.54, 1.807) is 0 Å². The Hall–Kier alpha value is -1.54. The van der Waals surface area contributed by atoms with Gasteiger partial charge in [-0.1, -0.05) is 43.9 Å². The molecular weight excluding hydrogens is 330 g/mol. The molecule has 0 bridgehead atoms. The van der Waals surface area contributed by atoms with E-state index in [-0.39, 0.29) is 11.2 Å². The largest absolute Gasteiger partial charge is 0.300 e. The highest BCUT2D eigenvalue weighted by Crippen LogP contribution is 2.26. The van der Waals surface area contributed by atoms with E-state index in [9.17, 15) is 4.79 Å². The number of amides is 1. The molecule has 1 unspecified atom stereocenters. The Kier molecular flexibility index (Phi) is 6.06. The SMILES string of the molecule is CCC(Sc1nc(C)cc(C)n1)C(=O)Nc1nnc(C(C)C)s1. The number of nitrogens with one attached hydrogen (secondary N) is 1. The number of hydrogen-bond donors (Lipinski definition) is 1. The lowest BCUT2D eigenvalue weighted by Gasteiger charge is -2.12. The zero-order valence-electron chi connectivity index (χ0n) is 14.0. The van der Waals surface area contributed by atoms with E-state index in [4.69, 9.17) is 0 Å². The number of carbonyl (C=O) groups excluding carboxylic acids is 1. The van der Waals surface area contributed by atoms with Crippen molar-refractivity contribution in [3.05, 3.63) is 22.5 Å². The van der Waals surface area contributed by atoms with Crippen LogP contribution in [-0.2, 0) is 4.79 Å². The van der Waals surface area contributed by atoms with Crippen LogP contribution in [0, 0.1) is 13.8 Å². The van der Waals surface area contributed by atoms with Crippen molar-refractivity contribution in [2.45, 2.75) is 57.4 Å². The Morgan fingerprint density at radius 3 is 2.43 bits per heavy atom. The molecule has 2 aromatic heterocycles. The van der Waals surface area contributed by atoms with E-state index >= 15 is 0 Å². The Bertz CT molecular complexity index is 666. The number of thioether (sulfide) groups is 1. The van der Waals surface area contributed by atoms with Crippen LogP contribution in [0.5, 0.6) is 0 Å². The predicted octanol–water partition coefficient (Wildman–Crippen LogP) is 3.58. The van der Waals surface area contributed by atoms with Crippen LogP contribution >= 0.6 is 23.1 Å². The molecule has 6 nitrogen and oxygen atoms in total.